The molecule has 0 bridgehead atoms. The molecule has 0 aliphatic heterocycles. The van der Waals surface area contributed by atoms with Crippen LogP contribution in [-0.2, 0) is 6.18 Å². The zero-order valence-electron chi connectivity index (χ0n) is 8.55. The number of nitrogens with one attached hydrogen (secondary N) is 1. The first-order chi connectivity index (χ1) is 8.05. The number of aromatic nitrogens is 2. The summed E-state index contributed by atoms with van der Waals surface area (Å²) in [5.74, 6) is 0. The van der Waals surface area contributed by atoms with Gasteiger partial charge in [-0.05, 0) is 30.3 Å². The van der Waals surface area contributed by atoms with Crippen molar-refractivity contribution in [3.63, 3.8) is 0 Å². The normalized spacial score (nSPS) is 12.4. The lowest BCUT2D eigenvalue weighted by molar-refractivity contribution is -0.137. The van der Waals surface area contributed by atoms with Crippen LogP contribution in [0.15, 0.2) is 36.5 Å². The monoisotopic (exact) mass is 236 g/mol. The van der Waals surface area contributed by atoms with Crippen LogP contribution in [0.2, 0.25) is 0 Å². The van der Waals surface area contributed by atoms with E-state index in [2.05, 4.69) is 9.97 Å². The number of rotatable bonds is 0. The van der Waals surface area contributed by atoms with Gasteiger partial charge in [-0.3, -0.25) is 4.98 Å². The summed E-state index contributed by atoms with van der Waals surface area (Å²) in [5.41, 5.74) is 1.30. The quantitative estimate of drug-likeness (QED) is 0.632. The van der Waals surface area contributed by atoms with Crippen molar-refractivity contribution in [3.05, 3.63) is 42.1 Å². The summed E-state index contributed by atoms with van der Waals surface area (Å²) < 4.78 is 37.8. The minimum Gasteiger partial charge on any atom is -0.353 e. The van der Waals surface area contributed by atoms with Crippen LogP contribution in [0.25, 0.3) is 21.9 Å². The second-order valence-electron chi connectivity index (χ2n) is 3.78. The van der Waals surface area contributed by atoms with Crippen molar-refractivity contribution in [2.75, 3.05) is 0 Å². The van der Waals surface area contributed by atoms with Crippen molar-refractivity contribution in [2.45, 2.75) is 6.18 Å². The van der Waals surface area contributed by atoms with Gasteiger partial charge in [0.25, 0.3) is 0 Å². The van der Waals surface area contributed by atoms with Crippen LogP contribution in [-0.4, -0.2) is 9.97 Å². The Balaban J connectivity index is 2.38. The van der Waals surface area contributed by atoms with Crippen molar-refractivity contribution in [3.8, 4) is 0 Å². The highest BCUT2D eigenvalue weighted by Gasteiger charge is 2.30. The number of aromatic amines is 1. The van der Waals surface area contributed by atoms with Gasteiger partial charge in [0.15, 0.2) is 0 Å². The van der Waals surface area contributed by atoms with E-state index in [4.69, 9.17) is 0 Å². The molecule has 0 radical (unpaired) electrons. The van der Waals surface area contributed by atoms with E-state index in [0.29, 0.717) is 16.4 Å². The van der Waals surface area contributed by atoms with E-state index < -0.39 is 11.7 Å². The molecule has 0 aliphatic rings. The molecule has 3 rings (SSSR count). The summed E-state index contributed by atoms with van der Waals surface area (Å²) in [6.07, 6.45) is -2.76. The molecular formula is C12H7F3N2. The van der Waals surface area contributed by atoms with Crippen molar-refractivity contribution in [1.29, 1.82) is 0 Å². The molecule has 0 amide bonds. The highest BCUT2D eigenvalue weighted by Crippen LogP contribution is 2.33. The first-order valence-electron chi connectivity index (χ1n) is 4.99. The van der Waals surface area contributed by atoms with Gasteiger partial charge in [0, 0.05) is 17.1 Å². The van der Waals surface area contributed by atoms with Gasteiger partial charge in [-0.25, -0.2) is 0 Å². The van der Waals surface area contributed by atoms with Crippen LogP contribution in [0.4, 0.5) is 13.2 Å². The Morgan fingerprint density at radius 2 is 1.88 bits per heavy atom. The van der Waals surface area contributed by atoms with Crippen molar-refractivity contribution < 1.29 is 13.2 Å². The van der Waals surface area contributed by atoms with E-state index in [1.165, 1.54) is 6.07 Å². The van der Waals surface area contributed by atoms with Crippen LogP contribution >= 0.6 is 0 Å². The van der Waals surface area contributed by atoms with Crippen LogP contribution < -0.4 is 0 Å². The van der Waals surface area contributed by atoms with Gasteiger partial charge < -0.3 is 4.98 Å². The molecule has 1 aromatic carbocycles. The first kappa shape index (κ1) is 10.1. The number of fused-ring (bicyclic) bond motifs is 3. The van der Waals surface area contributed by atoms with Gasteiger partial charge in [0.05, 0.1) is 16.6 Å². The lowest BCUT2D eigenvalue weighted by Crippen LogP contribution is -2.03. The molecule has 0 aliphatic carbocycles. The smallest absolute Gasteiger partial charge is 0.353 e. The number of pyridine rings is 1. The topological polar surface area (TPSA) is 28.7 Å². The number of H-pyrrole nitrogens is 1. The summed E-state index contributed by atoms with van der Waals surface area (Å²) in [6.45, 7) is 0. The Labute approximate surface area is 94.1 Å². The summed E-state index contributed by atoms with van der Waals surface area (Å²) in [4.78, 5) is 7.12. The van der Waals surface area contributed by atoms with Crippen molar-refractivity contribution in [2.24, 2.45) is 0 Å². The number of alkyl halides is 3. The summed E-state index contributed by atoms with van der Waals surface area (Å²) in [5, 5.41) is 0.496. The standard InChI is InChI=1S/C12H7F3N2/c13-12(14,15)7-3-4-9-8(6-7)11-10(17-9)2-1-5-16-11/h1-6,17H. The van der Waals surface area contributed by atoms with E-state index in [-0.39, 0.29) is 0 Å². The Kier molecular flexibility index (Phi) is 1.92. The molecule has 3 aromatic rings. The summed E-state index contributed by atoms with van der Waals surface area (Å²) in [6, 6.07) is 7.15. The summed E-state index contributed by atoms with van der Waals surface area (Å²) >= 11 is 0. The molecule has 2 heterocycles. The lowest BCUT2D eigenvalue weighted by Gasteiger charge is -2.05. The predicted molar refractivity (Wildman–Crippen MR) is 58.6 cm³/mol. The molecule has 0 saturated carbocycles. The third-order valence-electron chi connectivity index (χ3n) is 2.68. The number of benzene rings is 1. The second kappa shape index (κ2) is 3.23. The van der Waals surface area contributed by atoms with Gasteiger partial charge in [-0.1, -0.05) is 0 Å². The molecule has 86 valence electrons. The molecular weight excluding hydrogens is 229 g/mol. The highest BCUT2D eigenvalue weighted by molar-refractivity contribution is 6.04. The number of nitrogens with zero attached hydrogens (tertiary/aromatic N) is 1. The van der Waals surface area contributed by atoms with E-state index in [9.17, 15) is 13.2 Å². The number of hydrogen-bond donors (Lipinski definition) is 1. The molecule has 5 heteroatoms. The average molecular weight is 236 g/mol. The fourth-order valence-electron chi connectivity index (χ4n) is 1.89. The molecule has 2 aromatic heterocycles. The maximum absolute atomic E-state index is 12.6. The van der Waals surface area contributed by atoms with E-state index in [0.717, 1.165) is 17.6 Å². The van der Waals surface area contributed by atoms with Gasteiger partial charge in [0.2, 0.25) is 0 Å². The van der Waals surface area contributed by atoms with Crippen LogP contribution in [0, 0.1) is 0 Å². The molecule has 0 unspecified atom stereocenters. The van der Waals surface area contributed by atoms with Gasteiger partial charge in [-0.2, -0.15) is 13.2 Å². The minimum absolute atomic E-state index is 0.496. The predicted octanol–water partition coefficient (Wildman–Crippen LogP) is 3.73. The lowest BCUT2D eigenvalue weighted by atomic mass is 10.1. The van der Waals surface area contributed by atoms with Crippen LogP contribution in [0.1, 0.15) is 5.56 Å². The van der Waals surface area contributed by atoms with Crippen LogP contribution in [0.5, 0.6) is 0 Å². The number of hydrogen-bond acceptors (Lipinski definition) is 1. The third kappa shape index (κ3) is 1.54. The van der Waals surface area contributed by atoms with Crippen LogP contribution in [0.3, 0.4) is 0 Å². The third-order valence-corrected chi connectivity index (χ3v) is 2.68. The Morgan fingerprint density at radius 1 is 1.06 bits per heavy atom. The van der Waals surface area contributed by atoms with E-state index >= 15 is 0 Å². The Bertz CT molecular complexity index is 698. The molecule has 0 fully saturated rings. The zero-order valence-corrected chi connectivity index (χ0v) is 8.55. The SMILES string of the molecule is FC(F)(F)c1ccc2[nH]c3cccnc3c2c1. The molecule has 1 N–H and O–H groups in total. The highest BCUT2D eigenvalue weighted by atomic mass is 19.4. The summed E-state index contributed by atoms with van der Waals surface area (Å²) in [7, 11) is 0. The Morgan fingerprint density at radius 3 is 2.65 bits per heavy atom. The van der Waals surface area contributed by atoms with Gasteiger partial charge in [0.1, 0.15) is 0 Å². The van der Waals surface area contributed by atoms with Crippen molar-refractivity contribution >= 4 is 21.9 Å². The fraction of sp³-hybridized carbons (Fsp3) is 0.0833. The Hall–Kier alpha value is -2.04. The molecule has 0 atom stereocenters. The molecule has 0 saturated heterocycles. The molecule has 0 spiro atoms. The van der Waals surface area contributed by atoms with E-state index in [1.54, 1.807) is 18.3 Å². The maximum Gasteiger partial charge on any atom is 0.416 e. The fourth-order valence-corrected chi connectivity index (χ4v) is 1.89. The first-order valence-corrected chi connectivity index (χ1v) is 4.99. The molecule has 2 nitrogen and oxygen atoms in total. The largest absolute Gasteiger partial charge is 0.416 e. The van der Waals surface area contributed by atoms with E-state index in [1.807, 2.05) is 0 Å². The number of halogens is 3. The van der Waals surface area contributed by atoms with Gasteiger partial charge in [-0.15, -0.1) is 0 Å². The zero-order chi connectivity index (χ0) is 12.0. The molecule has 17 heavy (non-hydrogen) atoms. The van der Waals surface area contributed by atoms with Gasteiger partial charge >= 0.3 is 6.18 Å². The minimum atomic E-state index is -4.33. The van der Waals surface area contributed by atoms with Crippen molar-refractivity contribution in [1.82, 2.24) is 9.97 Å². The average Bonchev–Trinajstić information content (AvgIpc) is 2.65. The second-order valence-corrected chi connectivity index (χ2v) is 3.78. The maximum atomic E-state index is 12.6.